The molecule has 0 radical (unpaired) electrons. The van der Waals surface area contributed by atoms with Gasteiger partial charge in [0.25, 0.3) is 5.95 Å². The first-order chi connectivity index (χ1) is 15.5. The Morgan fingerprint density at radius 2 is 1.88 bits per heavy atom. The zero-order valence-corrected chi connectivity index (χ0v) is 16.9. The summed E-state index contributed by atoms with van der Waals surface area (Å²) in [5.74, 6) is -2.08. The number of pyridine rings is 1. The summed E-state index contributed by atoms with van der Waals surface area (Å²) in [6.45, 7) is 0.478. The molecule has 0 bridgehead atoms. The zero-order chi connectivity index (χ0) is 22.2. The molecule has 0 spiro atoms. The lowest BCUT2D eigenvalue weighted by Crippen LogP contribution is -2.58. The molecule has 2 amide bonds. The largest absolute Gasteiger partial charge is 0.482 e. The summed E-state index contributed by atoms with van der Waals surface area (Å²) in [7, 11) is 0. The van der Waals surface area contributed by atoms with Crippen LogP contribution in [0.5, 0.6) is 5.75 Å². The van der Waals surface area contributed by atoms with E-state index >= 15 is 0 Å². The van der Waals surface area contributed by atoms with E-state index in [1.807, 2.05) is 18.2 Å². The number of carbonyl (C=O) groups is 1. The number of hydrogen-bond donors (Lipinski definition) is 0. The van der Waals surface area contributed by atoms with Gasteiger partial charge >= 0.3 is 6.03 Å². The number of ether oxygens (including phenoxy) is 1. The van der Waals surface area contributed by atoms with E-state index in [-0.39, 0.29) is 18.8 Å². The van der Waals surface area contributed by atoms with Gasteiger partial charge in [0.15, 0.2) is 5.75 Å². The summed E-state index contributed by atoms with van der Waals surface area (Å²) < 4.78 is 47.1. The Hall–Kier alpha value is -3.62. The van der Waals surface area contributed by atoms with Crippen LogP contribution >= 0.6 is 0 Å². The Morgan fingerprint density at radius 1 is 1.09 bits per heavy atom. The molecule has 2 aliphatic heterocycles. The number of amides is 2. The summed E-state index contributed by atoms with van der Waals surface area (Å²) >= 11 is 0. The minimum Gasteiger partial charge on any atom is -0.482 e. The summed E-state index contributed by atoms with van der Waals surface area (Å²) in [5, 5.41) is 5.30. The van der Waals surface area contributed by atoms with Crippen molar-refractivity contribution in [1.29, 1.82) is 0 Å². The number of likely N-dealkylation sites (tertiary alicyclic amines) is 1. The lowest BCUT2D eigenvalue weighted by Gasteiger charge is -2.41. The molecule has 3 heterocycles. The predicted molar refractivity (Wildman–Crippen MR) is 111 cm³/mol. The highest BCUT2D eigenvalue weighted by atomic mass is 19.1. The fourth-order valence-electron chi connectivity index (χ4n) is 3.98. The summed E-state index contributed by atoms with van der Waals surface area (Å²) in [6, 6.07) is 3.81. The second-order valence-corrected chi connectivity index (χ2v) is 7.86. The maximum atomic E-state index is 14.1. The summed E-state index contributed by atoms with van der Waals surface area (Å²) in [6.07, 6.45) is 9.61. The predicted octanol–water partition coefficient (Wildman–Crippen LogP) is 4.46. The molecule has 3 aliphatic rings. The second kappa shape index (κ2) is 8.14. The number of benzene rings is 1. The number of hydrogen-bond acceptors (Lipinski definition) is 4. The van der Waals surface area contributed by atoms with Crippen molar-refractivity contribution in [1.82, 2.24) is 14.9 Å². The normalized spacial score (nSPS) is 20.0. The van der Waals surface area contributed by atoms with Crippen molar-refractivity contribution in [3.8, 4) is 5.75 Å². The van der Waals surface area contributed by atoms with E-state index < -0.39 is 35.8 Å². The summed E-state index contributed by atoms with van der Waals surface area (Å²) in [4.78, 5) is 18.1. The van der Waals surface area contributed by atoms with Crippen LogP contribution in [0.4, 0.5) is 18.0 Å². The Bertz CT molecular complexity index is 1140. The van der Waals surface area contributed by atoms with E-state index in [1.165, 1.54) is 34.5 Å². The number of rotatable bonds is 4. The number of hydrazone groups is 1. The maximum Gasteiger partial charge on any atom is 0.341 e. The first-order valence-corrected chi connectivity index (χ1v) is 10.2. The average molecular weight is 440 g/mol. The van der Waals surface area contributed by atoms with Gasteiger partial charge in [0, 0.05) is 30.5 Å². The molecule has 1 unspecified atom stereocenters. The molecule has 1 aromatic heterocycles. The van der Waals surface area contributed by atoms with Crippen LogP contribution in [0.25, 0.3) is 5.57 Å². The smallest absolute Gasteiger partial charge is 0.341 e. The topological polar surface area (TPSA) is 58.0 Å². The molecule has 1 aromatic carbocycles. The van der Waals surface area contributed by atoms with Crippen molar-refractivity contribution in [2.45, 2.75) is 25.0 Å². The summed E-state index contributed by atoms with van der Waals surface area (Å²) in [5.41, 5.74) is 2.15. The van der Waals surface area contributed by atoms with Crippen LogP contribution in [-0.4, -0.2) is 46.3 Å². The highest BCUT2D eigenvalue weighted by Crippen LogP contribution is 2.32. The van der Waals surface area contributed by atoms with Crippen LogP contribution in [0.15, 0.2) is 53.8 Å². The van der Waals surface area contributed by atoms with E-state index in [1.54, 1.807) is 6.07 Å². The SMILES string of the molecule is O=C(N1CC(Oc2cc(C3=CC=CC3)cnc2F)C1)N1N=CCC1c1cc(F)cc(F)c1. The Labute approximate surface area is 182 Å². The highest BCUT2D eigenvalue weighted by Gasteiger charge is 2.39. The van der Waals surface area contributed by atoms with Crippen LogP contribution in [0, 0.1) is 17.6 Å². The van der Waals surface area contributed by atoms with Crippen molar-refractivity contribution in [2.75, 3.05) is 13.1 Å². The number of nitrogens with zero attached hydrogens (tertiary/aromatic N) is 4. The average Bonchev–Trinajstić information content (AvgIpc) is 3.42. The molecule has 0 saturated carbocycles. The lowest BCUT2D eigenvalue weighted by molar-refractivity contribution is 0.0252. The quantitative estimate of drug-likeness (QED) is 0.660. The Morgan fingerprint density at radius 3 is 2.59 bits per heavy atom. The molecule has 9 heteroatoms. The van der Waals surface area contributed by atoms with Crippen molar-refractivity contribution in [3.05, 3.63) is 77.4 Å². The fraction of sp³-hybridized carbons (Fsp3) is 0.261. The molecule has 0 N–H and O–H groups in total. The van der Waals surface area contributed by atoms with Gasteiger partial charge in [-0.05, 0) is 35.8 Å². The molecule has 1 aliphatic carbocycles. The molecule has 1 saturated heterocycles. The minimum atomic E-state index is -0.710. The first-order valence-electron chi connectivity index (χ1n) is 10.2. The van der Waals surface area contributed by atoms with E-state index in [4.69, 9.17) is 4.74 Å². The van der Waals surface area contributed by atoms with E-state index in [0.29, 0.717) is 12.0 Å². The minimum absolute atomic E-state index is 0.0414. The third-order valence-corrected chi connectivity index (χ3v) is 5.66. The Kier molecular flexibility index (Phi) is 5.16. The molecule has 2 aromatic rings. The van der Waals surface area contributed by atoms with Gasteiger partial charge in [-0.2, -0.15) is 9.49 Å². The lowest BCUT2D eigenvalue weighted by atomic mass is 10.0. The number of carbonyl (C=O) groups excluding carboxylic acids is 1. The van der Waals surface area contributed by atoms with Gasteiger partial charge in [-0.25, -0.2) is 23.6 Å². The van der Waals surface area contributed by atoms with Crippen molar-refractivity contribution in [3.63, 3.8) is 0 Å². The van der Waals surface area contributed by atoms with E-state index in [9.17, 15) is 18.0 Å². The van der Waals surface area contributed by atoms with Gasteiger partial charge in [-0.15, -0.1) is 0 Å². The van der Waals surface area contributed by atoms with Crippen LogP contribution in [0.3, 0.4) is 0 Å². The number of aromatic nitrogens is 1. The van der Waals surface area contributed by atoms with Gasteiger partial charge in [0.1, 0.15) is 17.7 Å². The number of allylic oxidation sites excluding steroid dienone is 4. The molecular formula is C23H19F3N4O2. The van der Waals surface area contributed by atoms with Crippen LogP contribution in [-0.2, 0) is 0 Å². The highest BCUT2D eigenvalue weighted by molar-refractivity contribution is 5.79. The van der Waals surface area contributed by atoms with Gasteiger partial charge in [-0.3, -0.25) is 0 Å². The first kappa shape index (κ1) is 20.3. The van der Waals surface area contributed by atoms with Gasteiger partial charge in [0.2, 0.25) is 0 Å². The van der Waals surface area contributed by atoms with Crippen molar-refractivity contribution in [2.24, 2.45) is 5.10 Å². The Balaban J connectivity index is 1.22. The van der Waals surface area contributed by atoms with Crippen LogP contribution < -0.4 is 4.74 Å². The molecule has 1 atom stereocenters. The van der Waals surface area contributed by atoms with Gasteiger partial charge < -0.3 is 9.64 Å². The molecule has 6 nitrogen and oxygen atoms in total. The van der Waals surface area contributed by atoms with Crippen LogP contribution in [0.1, 0.15) is 30.0 Å². The van der Waals surface area contributed by atoms with Crippen molar-refractivity contribution < 1.29 is 22.7 Å². The standard InChI is InChI=1S/C23H19F3N4O2/c24-17-7-15(8-18(25)10-17)20-5-6-28-30(20)23(31)29-12-19(13-29)32-21-9-16(11-27-22(21)26)14-3-1-2-4-14/h1-3,6-11,19-20H,4-5,12-13H2. The third kappa shape index (κ3) is 3.86. The fourth-order valence-corrected chi connectivity index (χ4v) is 3.98. The van der Waals surface area contributed by atoms with Gasteiger partial charge in [0.05, 0.1) is 19.1 Å². The van der Waals surface area contributed by atoms with Crippen LogP contribution in [0.2, 0.25) is 0 Å². The van der Waals surface area contributed by atoms with E-state index in [0.717, 1.165) is 23.6 Å². The second-order valence-electron chi connectivity index (χ2n) is 7.86. The molecule has 1 fully saturated rings. The van der Waals surface area contributed by atoms with Gasteiger partial charge in [-0.1, -0.05) is 18.2 Å². The zero-order valence-electron chi connectivity index (χ0n) is 16.9. The molecule has 5 rings (SSSR count). The molecule has 164 valence electrons. The monoisotopic (exact) mass is 440 g/mol. The number of halogens is 3. The van der Waals surface area contributed by atoms with Crippen molar-refractivity contribution >= 4 is 17.8 Å². The molecule has 32 heavy (non-hydrogen) atoms. The maximum absolute atomic E-state index is 14.1. The molecular weight excluding hydrogens is 421 g/mol. The third-order valence-electron chi connectivity index (χ3n) is 5.66. The van der Waals surface area contributed by atoms with E-state index in [2.05, 4.69) is 10.1 Å². The number of urea groups is 1.